The van der Waals surface area contributed by atoms with E-state index in [-0.39, 0.29) is 11.9 Å². The topological polar surface area (TPSA) is 58.9 Å². The summed E-state index contributed by atoms with van der Waals surface area (Å²) in [6, 6.07) is 14.1. The van der Waals surface area contributed by atoms with Gasteiger partial charge in [-0.05, 0) is 36.2 Å². The number of nitrogens with one attached hydrogen (secondary N) is 1. The molecule has 5 rings (SSSR count). The number of carbonyl (C=O) groups excluding carboxylic acids is 1. The molecule has 0 radical (unpaired) electrons. The minimum Gasteiger partial charge on any atom is -0.426 e. The van der Waals surface area contributed by atoms with Crippen molar-refractivity contribution in [3.63, 3.8) is 0 Å². The van der Waals surface area contributed by atoms with E-state index in [0.717, 1.165) is 48.6 Å². The van der Waals surface area contributed by atoms with Crippen LogP contribution < -0.4 is 15.0 Å². The van der Waals surface area contributed by atoms with Crippen molar-refractivity contribution < 1.29 is 9.53 Å². The van der Waals surface area contributed by atoms with Gasteiger partial charge in [-0.3, -0.25) is 4.79 Å². The number of esters is 1. The van der Waals surface area contributed by atoms with E-state index in [1.54, 1.807) is 4.52 Å². The summed E-state index contributed by atoms with van der Waals surface area (Å²) in [5.74, 6) is 0.108. The molecule has 1 N–H and O–H groups in total. The lowest BCUT2D eigenvalue weighted by molar-refractivity contribution is -0.137. The zero-order chi connectivity index (χ0) is 17.5. The minimum atomic E-state index is -0.354. The highest BCUT2D eigenvalue weighted by Crippen LogP contribution is 2.35. The molecule has 0 amide bonds. The molecule has 4 heterocycles. The summed E-state index contributed by atoms with van der Waals surface area (Å²) < 4.78 is 7.49. The summed E-state index contributed by atoms with van der Waals surface area (Å²) in [7, 11) is 0. The third-order valence-electron chi connectivity index (χ3n) is 5.20. The molecule has 26 heavy (non-hydrogen) atoms. The van der Waals surface area contributed by atoms with Gasteiger partial charge in [0.05, 0.1) is 11.2 Å². The number of aromatic nitrogens is 2. The van der Waals surface area contributed by atoms with Gasteiger partial charge in [0.15, 0.2) is 0 Å². The fourth-order valence-electron chi connectivity index (χ4n) is 3.76. The highest BCUT2D eigenvalue weighted by atomic mass is 16.5. The standard InChI is InChI=1S/C20H20N4O2/c25-20-17(18-12-16-3-1-2-8-24(16)22-18)11-14-4-5-15(13-19(14)26-20)23-9-6-21-7-10-23/h1-5,8,12-13,17,21H,6-7,9-11H2. The normalized spacial score (nSPS) is 20.1. The van der Waals surface area contributed by atoms with Crippen LogP contribution in [0.5, 0.6) is 5.75 Å². The third kappa shape index (κ3) is 2.63. The first kappa shape index (κ1) is 15.4. The van der Waals surface area contributed by atoms with E-state index in [9.17, 15) is 4.79 Å². The van der Waals surface area contributed by atoms with Crippen LogP contribution in [-0.4, -0.2) is 41.8 Å². The van der Waals surface area contributed by atoms with Crippen molar-refractivity contribution in [3.8, 4) is 5.75 Å². The van der Waals surface area contributed by atoms with Crippen molar-refractivity contribution in [2.45, 2.75) is 12.3 Å². The van der Waals surface area contributed by atoms with Crippen LogP contribution in [0, 0.1) is 0 Å². The van der Waals surface area contributed by atoms with Crippen molar-refractivity contribution >= 4 is 17.2 Å². The van der Waals surface area contributed by atoms with Crippen molar-refractivity contribution in [1.29, 1.82) is 0 Å². The van der Waals surface area contributed by atoms with E-state index < -0.39 is 0 Å². The molecule has 0 spiro atoms. The molecule has 1 aromatic carbocycles. The highest BCUT2D eigenvalue weighted by Gasteiger charge is 2.32. The number of piperazine rings is 1. The van der Waals surface area contributed by atoms with Crippen molar-refractivity contribution in [3.05, 3.63) is 59.9 Å². The summed E-state index contributed by atoms with van der Waals surface area (Å²) in [5, 5.41) is 7.90. The van der Waals surface area contributed by atoms with E-state index in [1.807, 2.05) is 36.5 Å². The van der Waals surface area contributed by atoms with Gasteiger partial charge >= 0.3 is 5.97 Å². The lowest BCUT2D eigenvalue weighted by Crippen LogP contribution is -2.43. The summed E-state index contributed by atoms with van der Waals surface area (Å²) in [6.45, 7) is 3.90. The summed E-state index contributed by atoms with van der Waals surface area (Å²) in [6.07, 6.45) is 2.51. The molecule has 6 heteroatoms. The molecule has 2 aromatic heterocycles. The smallest absolute Gasteiger partial charge is 0.320 e. The van der Waals surface area contributed by atoms with Gasteiger partial charge in [0, 0.05) is 44.1 Å². The molecule has 2 aliphatic heterocycles. The van der Waals surface area contributed by atoms with Crippen LogP contribution in [0.4, 0.5) is 5.69 Å². The average Bonchev–Trinajstić information content (AvgIpc) is 3.11. The minimum absolute atomic E-state index is 0.224. The molecule has 1 saturated heterocycles. The molecule has 2 aliphatic rings. The van der Waals surface area contributed by atoms with Crippen molar-refractivity contribution in [1.82, 2.24) is 14.9 Å². The van der Waals surface area contributed by atoms with Crippen molar-refractivity contribution in [2.75, 3.05) is 31.1 Å². The van der Waals surface area contributed by atoms with Crippen LogP contribution in [0.2, 0.25) is 0 Å². The molecule has 1 fully saturated rings. The van der Waals surface area contributed by atoms with Gasteiger partial charge in [0.1, 0.15) is 11.7 Å². The van der Waals surface area contributed by atoms with E-state index in [2.05, 4.69) is 27.4 Å². The first-order valence-electron chi connectivity index (χ1n) is 9.02. The zero-order valence-electron chi connectivity index (χ0n) is 14.4. The Labute approximate surface area is 151 Å². The predicted octanol–water partition coefficient (Wildman–Crippen LogP) is 1.99. The number of rotatable bonds is 2. The lowest BCUT2D eigenvalue weighted by atomic mass is 9.93. The van der Waals surface area contributed by atoms with Crippen LogP contribution in [-0.2, 0) is 11.2 Å². The van der Waals surface area contributed by atoms with Gasteiger partial charge in [-0.1, -0.05) is 12.1 Å². The molecular weight excluding hydrogens is 328 g/mol. The van der Waals surface area contributed by atoms with Gasteiger partial charge in [0.2, 0.25) is 0 Å². The van der Waals surface area contributed by atoms with E-state index in [1.165, 1.54) is 0 Å². The molecule has 132 valence electrons. The second-order valence-corrected chi connectivity index (χ2v) is 6.85. The van der Waals surface area contributed by atoms with E-state index in [4.69, 9.17) is 4.74 Å². The zero-order valence-corrected chi connectivity index (χ0v) is 14.4. The monoisotopic (exact) mass is 348 g/mol. The number of benzene rings is 1. The van der Waals surface area contributed by atoms with Gasteiger partial charge in [-0.25, -0.2) is 4.52 Å². The van der Waals surface area contributed by atoms with Crippen LogP contribution in [0.25, 0.3) is 5.52 Å². The van der Waals surface area contributed by atoms with Gasteiger partial charge in [-0.2, -0.15) is 5.10 Å². The number of pyridine rings is 1. The fraction of sp³-hybridized carbons (Fsp3) is 0.300. The van der Waals surface area contributed by atoms with Gasteiger partial charge in [0.25, 0.3) is 0 Å². The first-order valence-corrected chi connectivity index (χ1v) is 9.02. The second-order valence-electron chi connectivity index (χ2n) is 6.85. The highest BCUT2D eigenvalue weighted by molar-refractivity contribution is 5.83. The van der Waals surface area contributed by atoms with Crippen LogP contribution in [0.1, 0.15) is 17.2 Å². The lowest BCUT2D eigenvalue weighted by Gasteiger charge is -2.31. The van der Waals surface area contributed by atoms with Gasteiger partial charge < -0.3 is 15.0 Å². The van der Waals surface area contributed by atoms with E-state index >= 15 is 0 Å². The molecule has 0 bridgehead atoms. The molecule has 1 atom stereocenters. The van der Waals surface area contributed by atoms with Crippen LogP contribution >= 0.6 is 0 Å². The van der Waals surface area contributed by atoms with E-state index in [0.29, 0.717) is 12.2 Å². The van der Waals surface area contributed by atoms with Crippen LogP contribution in [0.15, 0.2) is 48.7 Å². The maximum atomic E-state index is 12.6. The Bertz CT molecular complexity index is 942. The second kappa shape index (κ2) is 6.14. The fourth-order valence-corrected chi connectivity index (χ4v) is 3.76. The van der Waals surface area contributed by atoms with Crippen molar-refractivity contribution in [2.24, 2.45) is 0 Å². The Morgan fingerprint density at radius 2 is 2.00 bits per heavy atom. The average molecular weight is 348 g/mol. The Morgan fingerprint density at radius 3 is 2.85 bits per heavy atom. The molecule has 6 nitrogen and oxygen atoms in total. The number of fused-ring (bicyclic) bond motifs is 2. The maximum absolute atomic E-state index is 12.6. The Morgan fingerprint density at radius 1 is 1.12 bits per heavy atom. The summed E-state index contributed by atoms with van der Waals surface area (Å²) in [4.78, 5) is 14.9. The molecule has 0 saturated carbocycles. The number of carbonyl (C=O) groups is 1. The number of anilines is 1. The predicted molar refractivity (Wildman–Crippen MR) is 98.8 cm³/mol. The molecule has 3 aromatic rings. The maximum Gasteiger partial charge on any atom is 0.320 e. The Balaban J connectivity index is 1.44. The Kier molecular flexibility index (Phi) is 3.64. The molecule has 1 unspecified atom stereocenters. The molecular formula is C20H20N4O2. The number of nitrogens with zero attached hydrogens (tertiary/aromatic N) is 3. The Hall–Kier alpha value is -2.86. The summed E-state index contributed by atoms with van der Waals surface area (Å²) >= 11 is 0. The van der Waals surface area contributed by atoms with Crippen LogP contribution in [0.3, 0.4) is 0 Å². The third-order valence-corrected chi connectivity index (χ3v) is 5.20. The largest absolute Gasteiger partial charge is 0.426 e. The quantitative estimate of drug-likeness (QED) is 0.567. The van der Waals surface area contributed by atoms with Gasteiger partial charge in [-0.15, -0.1) is 0 Å². The SMILES string of the molecule is O=C1Oc2cc(N3CCNCC3)ccc2CC1c1cc2ccccn2n1. The summed E-state index contributed by atoms with van der Waals surface area (Å²) in [5.41, 5.74) is 3.92. The number of ether oxygens (including phenoxy) is 1. The number of hydrogen-bond donors (Lipinski definition) is 1. The molecule has 0 aliphatic carbocycles. The number of hydrogen-bond acceptors (Lipinski definition) is 5. The first-order chi connectivity index (χ1) is 12.8.